The minimum Gasteiger partial charge on any atom is -0.278 e. The molecular formula is C11H9BrCl2N4. The van der Waals surface area contributed by atoms with Crippen molar-refractivity contribution in [3.63, 3.8) is 0 Å². The largest absolute Gasteiger partial charge is 0.278 e. The zero-order valence-corrected chi connectivity index (χ0v) is 12.5. The first kappa shape index (κ1) is 13.4. The molecule has 0 saturated heterocycles. The van der Waals surface area contributed by atoms with Crippen molar-refractivity contribution >= 4 is 51.0 Å². The lowest BCUT2D eigenvalue weighted by Crippen LogP contribution is -1.93. The molecule has 0 spiro atoms. The van der Waals surface area contributed by atoms with Crippen molar-refractivity contribution in [1.82, 2.24) is 9.78 Å². The third-order valence-electron chi connectivity index (χ3n) is 2.05. The molecule has 18 heavy (non-hydrogen) atoms. The van der Waals surface area contributed by atoms with Crippen LogP contribution < -0.4 is 5.43 Å². The van der Waals surface area contributed by atoms with Gasteiger partial charge in [0.05, 0.1) is 16.4 Å². The van der Waals surface area contributed by atoms with Crippen LogP contribution in [-0.2, 0) is 7.05 Å². The zero-order valence-electron chi connectivity index (χ0n) is 9.36. The molecule has 0 aliphatic heterocycles. The Balaban J connectivity index is 2.09. The van der Waals surface area contributed by atoms with E-state index >= 15 is 0 Å². The van der Waals surface area contributed by atoms with Crippen LogP contribution in [-0.4, -0.2) is 16.0 Å². The minimum atomic E-state index is 0.555. The van der Waals surface area contributed by atoms with E-state index in [0.29, 0.717) is 10.0 Å². The number of benzene rings is 1. The van der Waals surface area contributed by atoms with Crippen LogP contribution in [0.2, 0.25) is 10.0 Å². The number of halogens is 3. The monoisotopic (exact) mass is 346 g/mol. The summed E-state index contributed by atoms with van der Waals surface area (Å²) in [7, 11) is 1.84. The summed E-state index contributed by atoms with van der Waals surface area (Å²) >= 11 is 15.1. The van der Waals surface area contributed by atoms with Crippen LogP contribution in [0.15, 0.2) is 34.0 Å². The Morgan fingerprint density at radius 1 is 1.33 bits per heavy atom. The highest BCUT2D eigenvalue weighted by molar-refractivity contribution is 9.10. The van der Waals surface area contributed by atoms with E-state index < -0.39 is 0 Å². The number of nitrogens with zero attached hydrogens (tertiary/aromatic N) is 3. The molecule has 0 saturated carbocycles. The molecule has 0 atom stereocenters. The van der Waals surface area contributed by atoms with E-state index in [1.54, 1.807) is 29.1 Å². The standard InChI is InChI=1S/C11H9BrCl2N4/c1-18-6-10(12)11(17-18)5-15-16-9-3-7(13)2-8(14)4-9/h2-6,16H,1H3/b15-5+. The van der Waals surface area contributed by atoms with Crippen molar-refractivity contribution in [1.29, 1.82) is 0 Å². The van der Waals surface area contributed by atoms with E-state index in [1.807, 2.05) is 13.2 Å². The second-order valence-electron chi connectivity index (χ2n) is 3.56. The fourth-order valence-electron chi connectivity index (χ4n) is 1.35. The number of hydrazone groups is 1. The predicted molar refractivity (Wildman–Crippen MR) is 78.6 cm³/mol. The first-order valence-electron chi connectivity index (χ1n) is 4.99. The third kappa shape index (κ3) is 3.48. The van der Waals surface area contributed by atoms with Gasteiger partial charge < -0.3 is 0 Å². The molecule has 0 aliphatic rings. The summed E-state index contributed by atoms with van der Waals surface area (Å²) in [6.07, 6.45) is 3.45. The molecule has 0 amide bonds. The molecule has 4 nitrogen and oxygen atoms in total. The average molecular weight is 348 g/mol. The van der Waals surface area contributed by atoms with Crippen molar-refractivity contribution in [3.05, 3.63) is 44.6 Å². The first-order valence-corrected chi connectivity index (χ1v) is 6.54. The number of nitrogens with one attached hydrogen (secondary N) is 1. The van der Waals surface area contributed by atoms with Gasteiger partial charge in [-0.05, 0) is 34.1 Å². The Hall–Kier alpha value is -1.04. The highest BCUT2D eigenvalue weighted by Crippen LogP contribution is 2.22. The number of hydrogen-bond acceptors (Lipinski definition) is 3. The van der Waals surface area contributed by atoms with E-state index in [1.165, 1.54) is 0 Å². The molecule has 0 fully saturated rings. The smallest absolute Gasteiger partial charge is 0.119 e. The summed E-state index contributed by atoms with van der Waals surface area (Å²) in [5, 5.41) is 9.38. The minimum absolute atomic E-state index is 0.555. The Bertz CT molecular complexity index is 574. The van der Waals surface area contributed by atoms with Crippen molar-refractivity contribution in [2.45, 2.75) is 0 Å². The van der Waals surface area contributed by atoms with Crippen LogP contribution in [0.25, 0.3) is 0 Å². The summed E-state index contributed by atoms with van der Waals surface area (Å²) in [6.45, 7) is 0. The molecule has 1 heterocycles. The molecule has 0 bridgehead atoms. The van der Waals surface area contributed by atoms with Gasteiger partial charge in [-0.1, -0.05) is 23.2 Å². The van der Waals surface area contributed by atoms with Gasteiger partial charge in [-0.25, -0.2) is 0 Å². The van der Waals surface area contributed by atoms with Crippen molar-refractivity contribution in [2.24, 2.45) is 12.1 Å². The molecule has 1 aromatic heterocycles. The SMILES string of the molecule is Cn1cc(Br)c(/C=N/Nc2cc(Cl)cc(Cl)c2)n1. The van der Waals surface area contributed by atoms with Crippen LogP contribution in [0.4, 0.5) is 5.69 Å². The van der Waals surface area contributed by atoms with Crippen LogP contribution >= 0.6 is 39.1 Å². The molecule has 7 heteroatoms. The van der Waals surface area contributed by atoms with Gasteiger partial charge in [0.15, 0.2) is 0 Å². The molecular weight excluding hydrogens is 339 g/mol. The maximum atomic E-state index is 5.88. The first-order chi connectivity index (χ1) is 8.54. The lowest BCUT2D eigenvalue weighted by Gasteiger charge is -2.01. The molecule has 1 N–H and O–H groups in total. The molecule has 1 aromatic carbocycles. The Kier molecular flexibility index (Phi) is 4.27. The topological polar surface area (TPSA) is 42.2 Å². The van der Waals surface area contributed by atoms with Crippen LogP contribution in [0.1, 0.15) is 5.69 Å². The van der Waals surface area contributed by atoms with Gasteiger partial charge in [-0.3, -0.25) is 10.1 Å². The van der Waals surface area contributed by atoms with Crippen LogP contribution in [0.3, 0.4) is 0 Å². The quantitative estimate of drug-likeness (QED) is 0.675. The van der Waals surface area contributed by atoms with Gasteiger partial charge in [-0.15, -0.1) is 0 Å². The molecule has 0 unspecified atom stereocenters. The maximum absolute atomic E-state index is 5.88. The van der Waals surface area contributed by atoms with E-state index in [4.69, 9.17) is 23.2 Å². The third-order valence-corrected chi connectivity index (χ3v) is 3.10. The van der Waals surface area contributed by atoms with Crippen molar-refractivity contribution in [3.8, 4) is 0 Å². The van der Waals surface area contributed by atoms with Gasteiger partial charge in [0.25, 0.3) is 0 Å². The molecule has 0 aliphatic carbocycles. The van der Waals surface area contributed by atoms with Gasteiger partial charge in [0, 0.05) is 23.3 Å². The average Bonchev–Trinajstić information content (AvgIpc) is 2.56. The van der Waals surface area contributed by atoms with Gasteiger partial charge in [0.2, 0.25) is 0 Å². The lowest BCUT2D eigenvalue weighted by atomic mass is 10.3. The van der Waals surface area contributed by atoms with Crippen LogP contribution in [0.5, 0.6) is 0 Å². The highest BCUT2D eigenvalue weighted by Gasteiger charge is 2.01. The fourth-order valence-corrected chi connectivity index (χ4v) is 2.35. The van der Waals surface area contributed by atoms with Crippen molar-refractivity contribution < 1.29 is 0 Å². The Morgan fingerprint density at radius 3 is 2.56 bits per heavy atom. The molecule has 0 radical (unpaired) electrons. The fraction of sp³-hybridized carbons (Fsp3) is 0.0909. The second-order valence-corrected chi connectivity index (χ2v) is 5.29. The number of hydrogen-bond donors (Lipinski definition) is 1. The van der Waals surface area contributed by atoms with E-state index in [2.05, 4.69) is 31.6 Å². The summed E-state index contributed by atoms with van der Waals surface area (Å²) in [4.78, 5) is 0. The number of aryl methyl sites for hydroxylation is 1. The number of aromatic nitrogens is 2. The number of rotatable bonds is 3. The maximum Gasteiger partial charge on any atom is 0.119 e. The van der Waals surface area contributed by atoms with E-state index in [-0.39, 0.29) is 0 Å². The van der Waals surface area contributed by atoms with Gasteiger partial charge in [-0.2, -0.15) is 10.2 Å². The van der Waals surface area contributed by atoms with Crippen LogP contribution in [0, 0.1) is 0 Å². The Labute approximate surface area is 123 Å². The summed E-state index contributed by atoms with van der Waals surface area (Å²) in [5.41, 5.74) is 4.29. The van der Waals surface area contributed by atoms with Crippen molar-refractivity contribution in [2.75, 3.05) is 5.43 Å². The lowest BCUT2D eigenvalue weighted by molar-refractivity contribution is 0.765. The summed E-state index contributed by atoms with van der Waals surface area (Å²) < 4.78 is 2.57. The summed E-state index contributed by atoms with van der Waals surface area (Å²) in [6, 6.07) is 5.13. The van der Waals surface area contributed by atoms with E-state index in [0.717, 1.165) is 15.9 Å². The summed E-state index contributed by atoms with van der Waals surface area (Å²) in [5.74, 6) is 0. The zero-order chi connectivity index (χ0) is 13.1. The molecule has 94 valence electrons. The predicted octanol–water partition coefficient (Wildman–Crippen LogP) is 3.94. The van der Waals surface area contributed by atoms with Gasteiger partial charge >= 0.3 is 0 Å². The Morgan fingerprint density at radius 2 is 2.00 bits per heavy atom. The molecule has 2 rings (SSSR count). The molecule has 2 aromatic rings. The number of anilines is 1. The highest BCUT2D eigenvalue weighted by atomic mass is 79.9. The van der Waals surface area contributed by atoms with Gasteiger partial charge in [0.1, 0.15) is 5.69 Å². The second kappa shape index (κ2) is 5.73. The van der Waals surface area contributed by atoms with E-state index in [9.17, 15) is 0 Å². The normalized spacial score (nSPS) is 11.1.